The Bertz CT molecular complexity index is 668. The van der Waals surface area contributed by atoms with Gasteiger partial charge in [0.25, 0.3) is 0 Å². The van der Waals surface area contributed by atoms with Crippen molar-refractivity contribution in [2.24, 2.45) is 0 Å². The van der Waals surface area contributed by atoms with E-state index in [4.69, 9.17) is 23.2 Å². The van der Waals surface area contributed by atoms with Crippen molar-refractivity contribution in [3.63, 3.8) is 0 Å². The average Bonchev–Trinajstić information content (AvgIpc) is 2.48. The molecule has 0 aliphatic rings. The van der Waals surface area contributed by atoms with Crippen LogP contribution in [0.4, 0.5) is 4.39 Å². The number of benzene rings is 2. The van der Waals surface area contributed by atoms with Gasteiger partial charge in [-0.2, -0.15) is 0 Å². The summed E-state index contributed by atoms with van der Waals surface area (Å²) in [6.45, 7) is 0.351. The average molecular weight is 324 g/mol. The Kier molecular flexibility index (Phi) is 5.37. The Balaban J connectivity index is 1.89. The molecule has 0 saturated carbocycles. The van der Waals surface area contributed by atoms with Gasteiger partial charge in [0.15, 0.2) is 0 Å². The van der Waals surface area contributed by atoms with Crippen LogP contribution >= 0.6 is 23.2 Å². The Labute approximate surface area is 132 Å². The Morgan fingerprint density at radius 3 is 2.48 bits per heavy atom. The molecule has 2 aromatic carbocycles. The van der Waals surface area contributed by atoms with E-state index in [1.807, 2.05) is 0 Å². The molecule has 0 heterocycles. The van der Waals surface area contributed by atoms with Crippen molar-refractivity contribution in [1.29, 1.82) is 0 Å². The first kappa shape index (κ1) is 15.5. The van der Waals surface area contributed by atoms with Gasteiger partial charge in [0.1, 0.15) is 5.82 Å². The van der Waals surface area contributed by atoms with Crippen LogP contribution in [0.2, 0.25) is 10.0 Å². The third-order valence-corrected chi connectivity index (χ3v) is 3.49. The molecule has 0 aliphatic carbocycles. The monoisotopic (exact) mass is 323 g/mol. The summed E-state index contributed by atoms with van der Waals surface area (Å²) in [5.41, 5.74) is 1.61. The lowest BCUT2D eigenvalue weighted by atomic mass is 10.2. The Morgan fingerprint density at radius 1 is 1.10 bits per heavy atom. The Hall–Kier alpha value is -1.84. The highest BCUT2D eigenvalue weighted by atomic mass is 35.5. The second-order valence-electron chi connectivity index (χ2n) is 4.35. The summed E-state index contributed by atoms with van der Waals surface area (Å²) in [4.78, 5) is 11.7. The minimum Gasteiger partial charge on any atom is -0.348 e. The fraction of sp³-hybridized carbons (Fsp3) is 0.0625. The lowest BCUT2D eigenvalue weighted by molar-refractivity contribution is -0.116. The normalized spacial score (nSPS) is 10.8. The van der Waals surface area contributed by atoms with Gasteiger partial charge < -0.3 is 5.32 Å². The van der Waals surface area contributed by atoms with Crippen LogP contribution in [0.3, 0.4) is 0 Å². The number of hydrogen-bond acceptors (Lipinski definition) is 1. The van der Waals surface area contributed by atoms with E-state index in [1.54, 1.807) is 36.4 Å². The molecule has 0 radical (unpaired) electrons. The van der Waals surface area contributed by atoms with Crippen molar-refractivity contribution < 1.29 is 9.18 Å². The third kappa shape index (κ3) is 4.88. The summed E-state index contributed by atoms with van der Waals surface area (Å²) in [6.07, 6.45) is 3.01. The predicted octanol–water partition coefficient (Wildman–Crippen LogP) is 4.46. The second kappa shape index (κ2) is 7.25. The van der Waals surface area contributed by atoms with Crippen LogP contribution in [-0.2, 0) is 11.3 Å². The van der Waals surface area contributed by atoms with Crippen LogP contribution in [0.15, 0.2) is 48.5 Å². The second-order valence-corrected chi connectivity index (χ2v) is 5.17. The molecule has 0 aromatic heterocycles. The molecule has 0 saturated heterocycles. The van der Waals surface area contributed by atoms with Gasteiger partial charge >= 0.3 is 0 Å². The first-order chi connectivity index (χ1) is 10.0. The Morgan fingerprint density at radius 2 is 1.81 bits per heavy atom. The molecule has 0 atom stereocenters. The molecule has 1 amide bonds. The standard InChI is InChI=1S/C16H12Cl2FNO/c17-14-7-3-12(9-15(14)18)10-20-16(21)8-4-11-1-5-13(19)6-2-11/h1-9H,10H2,(H,20,21)/b8-4+. The third-order valence-electron chi connectivity index (χ3n) is 2.75. The van der Waals surface area contributed by atoms with Gasteiger partial charge in [-0.15, -0.1) is 0 Å². The van der Waals surface area contributed by atoms with Gasteiger partial charge in [-0.25, -0.2) is 4.39 Å². The number of carbonyl (C=O) groups excluding carboxylic acids is 1. The molecule has 21 heavy (non-hydrogen) atoms. The quantitative estimate of drug-likeness (QED) is 0.827. The largest absolute Gasteiger partial charge is 0.348 e. The lowest BCUT2D eigenvalue weighted by Gasteiger charge is -2.04. The lowest BCUT2D eigenvalue weighted by Crippen LogP contribution is -2.20. The van der Waals surface area contributed by atoms with Crippen LogP contribution in [0, 0.1) is 5.82 Å². The smallest absolute Gasteiger partial charge is 0.244 e. The van der Waals surface area contributed by atoms with Crippen molar-refractivity contribution in [3.05, 3.63) is 75.5 Å². The van der Waals surface area contributed by atoms with Gasteiger partial charge in [-0.3, -0.25) is 4.79 Å². The van der Waals surface area contributed by atoms with Gasteiger partial charge in [0.05, 0.1) is 10.0 Å². The maximum Gasteiger partial charge on any atom is 0.244 e. The van der Waals surface area contributed by atoms with E-state index in [-0.39, 0.29) is 11.7 Å². The zero-order chi connectivity index (χ0) is 15.2. The van der Waals surface area contributed by atoms with Gasteiger partial charge in [0.2, 0.25) is 5.91 Å². The molecule has 2 rings (SSSR count). The van der Waals surface area contributed by atoms with Crippen LogP contribution in [0.25, 0.3) is 6.08 Å². The van der Waals surface area contributed by atoms with Crippen molar-refractivity contribution in [2.45, 2.75) is 6.54 Å². The summed E-state index contributed by atoms with van der Waals surface area (Å²) in [6, 6.07) is 11.0. The van der Waals surface area contributed by atoms with Crippen LogP contribution in [0.1, 0.15) is 11.1 Å². The zero-order valence-corrected chi connectivity index (χ0v) is 12.5. The van der Waals surface area contributed by atoms with E-state index in [0.29, 0.717) is 16.6 Å². The summed E-state index contributed by atoms with van der Waals surface area (Å²) in [5.74, 6) is -0.554. The fourth-order valence-electron chi connectivity index (χ4n) is 1.64. The predicted molar refractivity (Wildman–Crippen MR) is 83.7 cm³/mol. The van der Waals surface area contributed by atoms with Gasteiger partial charge in [-0.05, 0) is 41.5 Å². The van der Waals surface area contributed by atoms with Crippen molar-refractivity contribution in [2.75, 3.05) is 0 Å². The molecule has 1 N–H and O–H groups in total. The number of carbonyl (C=O) groups is 1. The number of halogens is 3. The first-order valence-electron chi connectivity index (χ1n) is 6.20. The summed E-state index contributed by atoms with van der Waals surface area (Å²) in [5, 5.41) is 3.65. The molecular weight excluding hydrogens is 312 g/mol. The van der Waals surface area contributed by atoms with Crippen LogP contribution in [-0.4, -0.2) is 5.91 Å². The number of rotatable bonds is 4. The number of hydrogen-bond donors (Lipinski definition) is 1. The first-order valence-corrected chi connectivity index (χ1v) is 6.95. The van der Waals surface area contributed by atoms with E-state index >= 15 is 0 Å². The molecule has 2 nitrogen and oxygen atoms in total. The highest BCUT2D eigenvalue weighted by molar-refractivity contribution is 6.42. The molecule has 0 aliphatic heterocycles. The number of nitrogens with one attached hydrogen (secondary N) is 1. The highest BCUT2D eigenvalue weighted by Gasteiger charge is 2.01. The minimum absolute atomic E-state index is 0.245. The minimum atomic E-state index is -0.309. The highest BCUT2D eigenvalue weighted by Crippen LogP contribution is 2.22. The molecule has 0 unspecified atom stereocenters. The molecule has 0 fully saturated rings. The van der Waals surface area contributed by atoms with E-state index < -0.39 is 0 Å². The summed E-state index contributed by atoms with van der Waals surface area (Å²) >= 11 is 11.7. The van der Waals surface area contributed by atoms with Crippen LogP contribution in [0.5, 0.6) is 0 Å². The van der Waals surface area contributed by atoms with Crippen molar-refractivity contribution in [1.82, 2.24) is 5.32 Å². The molecule has 5 heteroatoms. The molecule has 0 bridgehead atoms. The molecule has 108 valence electrons. The maximum absolute atomic E-state index is 12.7. The van der Waals surface area contributed by atoms with E-state index in [2.05, 4.69) is 5.32 Å². The molecule has 2 aromatic rings. The van der Waals surface area contributed by atoms with E-state index in [0.717, 1.165) is 11.1 Å². The summed E-state index contributed by atoms with van der Waals surface area (Å²) < 4.78 is 12.7. The van der Waals surface area contributed by atoms with E-state index in [9.17, 15) is 9.18 Å². The van der Waals surface area contributed by atoms with Gasteiger partial charge in [0, 0.05) is 12.6 Å². The maximum atomic E-state index is 12.7. The SMILES string of the molecule is O=C(/C=C/c1ccc(F)cc1)NCc1ccc(Cl)c(Cl)c1. The van der Waals surface area contributed by atoms with Crippen molar-refractivity contribution >= 4 is 35.2 Å². The molecular formula is C16H12Cl2FNO. The molecule has 0 spiro atoms. The number of amides is 1. The fourth-order valence-corrected chi connectivity index (χ4v) is 1.96. The summed E-state index contributed by atoms with van der Waals surface area (Å²) in [7, 11) is 0. The van der Waals surface area contributed by atoms with Crippen molar-refractivity contribution in [3.8, 4) is 0 Å². The van der Waals surface area contributed by atoms with Gasteiger partial charge in [-0.1, -0.05) is 41.4 Å². The van der Waals surface area contributed by atoms with E-state index in [1.165, 1.54) is 18.2 Å². The topological polar surface area (TPSA) is 29.1 Å². The zero-order valence-electron chi connectivity index (χ0n) is 10.9. The van der Waals surface area contributed by atoms with Crippen LogP contribution < -0.4 is 5.32 Å².